The third kappa shape index (κ3) is 2.17. The molecule has 0 aromatic heterocycles. The number of nitrogens with zero attached hydrogens (tertiary/aromatic N) is 1. The molecule has 3 nitrogen and oxygen atoms in total. The van der Waals surface area contributed by atoms with E-state index in [-0.39, 0.29) is 11.2 Å². The van der Waals surface area contributed by atoms with E-state index in [1.807, 2.05) is 0 Å². The quantitative estimate of drug-likeness (QED) is 0.414. The molecule has 4 aliphatic carbocycles. The van der Waals surface area contributed by atoms with Gasteiger partial charge in [-0.25, -0.2) is 0 Å². The summed E-state index contributed by atoms with van der Waals surface area (Å²) < 4.78 is 0. The fourth-order valence-electron chi connectivity index (χ4n) is 7.13. The Hall–Kier alpha value is -1.38. The van der Waals surface area contributed by atoms with Crippen LogP contribution in [0.25, 0.3) is 0 Å². The average Bonchev–Trinajstić information content (AvgIpc) is 2.90. The fraction of sp³-hybridized carbons (Fsp3) is 0.727. The monoisotopic (exact) mass is 341 g/mol. The Kier molecular flexibility index (Phi) is 3.79. The average molecular weight is 341 g/mol. The molecule has 3 heteroatoms. The van der Waals surface area contributed by atoms with E-state index in [1.54, 1.807) is 6.08 Å². The first-order valence-electron chi connectivity index (χ1n) is 9.94. The molecule has 0 aliphatic heterocycles. The van der Waals surface area contributed by atoms with Crippen LogP contribution in [-0.4, -0.2) is 16.7 Å². The van der Waals surface area contributed by atoms with Crippen molar-refractivity contribution in [2.24, 2.45) is 45.6 Å². The van der Waals surface area contributed by atoms with Gasteiger partial charge in [-0.2, -0.15) is 0 Å². The Bertz CT molecular complexity index is 678. The molecule has 1 N–H and O–H groups in total. The van der Waals surface area contributed by atoms with Gasteiger partial charge in [0.2, 0.25) is 5.78 Å². The van der Waals surface area contributed by atoms with Gasteiger partial charge in [-0.05, 0) is 78.6 Å². The van der Waals surface area contributed by atoms with Crippen molar-refractivity contribution in [1.82, 2.24) is 0 Å². The molecule has 0 aromatic carbocycles. The maximum atomic E-state index is 12.3. The normalized spacial score (nSPS) is 50.7. The summed E-state index contributed by atoms with van der Waals surface area (Å²) in [4.78, 5) is 12.3. The number of ketones is 1. The second kappa shape index (κ2) is 5.56. The minimum atomic E-state index is -0.105. The molecule has 7 atom stereocenters. The summed E-state index contributed by atoms with van der Waals surface area (Å²) in [5.41, 5.74) is 2.03. The van der Waals surface area contributed by atoms with E-state index in [0.29, 0.717) is 35.3 Å². The molecule has 0 aromatic rings. The molecule has 25 heavy (non-hydrogen) atoms. The molecule has 0 amide bonds. The molecule has 136 valence electrons. The van der Waals surface area contributed by atoms with Crippen molar-refractivity contribution in [3.05, 3.63) is 24.3 Å². The Balaban J connectivity index is 1.79. The first kappa shape index (κ1) is 17.1. The second-order valence-corrected chi connectivity index (χ2v) is 9.59. The number of fused-ring (bicyclic) bond motifs is 5. The highest BCUT2D eigenvalue weighted by atomic mass is 16.4. The molecule has 0 radical (unpaired) electrons. The van der Waals surface area contributed by atoms with Gasteiger partial charge in [0, 0.05) is 6.42 Å². The highest BCUT2D eigenvalue weighted by molar-refractivity contribution is 6.44. The van der Waals surface area contributed by atoms with Crippen LogP contribution in [0.2, 0.25) is 0 Å². The Morgan fingerprint density at radius 1 is 1.28 bits per heavy atom. The number of oxime groups is 1. The molecule has 0 heterocycles. The lowest BCUT2D eigenvalue weighted by Crippen LogP contribution is -2.54. The molecule has 0 spiro atoms. The maximum Gasteiger partial charge on any atom is 0.203 e. The summed E-state index contributed by atoms with van der Waals surface area (Å²) in [6.07, 6.45) is 10.7. The topological polar surface area (TPSA) is 49.7 Å². The molecule has 0 unspecified atom stereocenters. The highest BCUT2D eigenvalue weighted by Crippen LogP contribution is 2.67. The van der Waals surface area contributed by atoms with Gasteiger partial charge in [-0.1, -0.05) is 37.6 Å². The van der Waals surface area contributed by atoms with E-state index < -0.39 is 0 Å². The predicted molar refractivity (Wildman–Crippen MR) is 99.5 cm³/mol. The van der Waals surface area contributed by atoms with E-state index in [9.17, 15) is 10.0 Å². The summed E-state index contributed by atoms with van der Waals surface area (Å²) in [6.45, 7) is 11.4. The molecule has 4 aliphatic rings. The van der Waals surface area contributed by atoms with Crippen molar-refractivity contribution in [2.75, 3.05) is 0 Å². The van der Waals surface area contributed by atoms with Gasteiger partial charge in [-0.3, -0.25) is 4.79 Å². The first-order chi connectivity index (χ1) is 11.8. The van der Waals surface area contributed by atoms with Crippen molar-refractivity contribution in [3.63, 3.8) is 0 Å². The number of hydrogen-bond donors (Lipinski definition) is 1. The smallest absolute Gasteiger partial charge is 0.203 e. The highest BCUT2D eigenvalue weighted by Gasteiger charge is 2.60. The summed E-state index contributed by atoms with van der Waals surface area (Å²) in [5, 5.41) is 12.6. The molecular formula is C22H31NO2. The van der Waals surface area contributed by atoms with Crippen molar-refractivity contribution in [3.8, 4) is 0 Å². The van der Waals surface area contributed by atoms with Gasteiger partial charge in [0.15, 0.2) is 0 Å². The van der Waals surface area contributed by atoms with Gasteiger partial charge >= 0.3 is 0 Å². The molecular weight excluding hydrogens is 310 g/mol. The number of rotatable bonds is 1. The van der Waals surface area contributed by atoms with Gasteiger partial charge in [0.25, 0.3) is 0 Å². The number of carbonyl (C=O) groups excluding carboxylic acids is 1. The van der Waals surface area contributed by atoms with Gasteiger partial charge in [0.1, 0.15) is 5.71 Å². The minimum Gasteiger partial charge on any atom is -0.411 e. The lowest BCUT2D eigenvalue weighted by molar-refractivity contribution is -0.110. The SMILES string of the molecule is C=C[C@@H]1CC2=CC(=O)/C(=N\O)C[C@]2(C)[C@H]2CC[C@]3(C)[C@H](C)CC[C@H]3[C@H]12. The van der Waals surface area contributed by atoms with Crippen molar-refractivity contribution >= 4 is 11.5 Å². The fourth-order valence-corrected chi connectivity index (χ4v) is 7.13. The first-order valence-corrected chi connectivity index (χ1v) is 9.94. The molecule has 3 fully saturated rings. The summed E-state index contributed by atoms with van der Waals surface area (Å²) in [6, 6.07) is 0. The number of carbonyl (C=O) groups is 1. The Labute approximate surface area is 151 Å². The van der Waals surface area contributed by atoms with Crippen LogP contribution in [0, 0.1) is 40.4 Å². The van der Waals surface area contributed by atoms with Crippen LogP contribution in [0.1, 0.15) is 59.3 Å². The van der Waals surface area contributed by atoms with Crippen molar-refractivity contribution in [2.45, 2.75) is 59.3 Å². The van der Waals surface area contributed by atoms with Gasteiger partial charge in [-0.15, -0.1) is 6.58 Å². The third-order valence-corrected chi connectivity index (χ3v) is 8.86. The maximum absolute atomic E-state index is 12.3. The zero-order valence-corrected chi connectivity index (χ0v) is 15.8. The second-order valence-electron chi connectivity index (χ2n) is 9.59. The summed E-state index contributed by atoms with van der Waals surface area (Å²) in [5.74, 6) is 3.14. The predicted octanol–water partition coefficient (Wildman–Crippen LogP) is 5.01. The molecule has 0 saturated heterocycles. The third-order valence-electron chi connectivity index (χ3n) is 8.86. The Morgan fingerprint density at radius 3 is 2.72 bits per heavy atom. The molecule has 4 rings (SSSR count). The number of allylic oxidation sites excluding steroid dienone is 2. The zero-order valence-electron chi connectivity index (χ0n) is 15.8. The van der Waals surface area contributed by atoms with Crippen LogP contribution in [0.4, 0.5) is 0 Å². The molecule has 3 saturated carbocycles. The van der Waals surface area contributed by atoms with E-state index in [0.717, 1.165) is 18.3 Å². The van der Waals surface area contributed by atoms with E-state index in [1.165, 1.54) is 31.3 Å². The summed E-state index contributed by atoms with van der Waals surface area (Å²) in [7, 11) is 0. The standard InChI is InChI=1S/C22H31NO2/c1-5-14-10-15-11-19(24)18(23-25)12-22(15,4)17-8-9-21(3)13(2)6-7-16(21)20(14)17/h5,11,13-14,16-17,20,25H,1,6-10,12H2,2-4H3/b23-18-/t13-,14-,16+,17+,20+,21-,22+/m1/s1. The van der Waals surface area contributed by atoms with Crippen LogP contribution in [0.5, 0.6) is 0 Å². The minimum absolute atomic E-state index is 0.0349. The summed E-state index contributed by atoms with van der Waals surface area (Å²) >= 11 is 0. The largest absolute Gasteiger partial charge is 0.411 e. The lowest BCUT2D eigenvalue weighted by atomic mass is 9.44. The van der Waals surface area contributed by atoms with E-state index in [4.69, 9.17) is 0 Å². The van der Waals surface area contributed by atoms with Crippen LogP contribution < -0.4 is 0 Å². The van der Waals surface area contributed by atoms with Crippen LogP contribution in [0.3, 0.4) is 0 Å². The van der Waals surface area contributed by atoms with Gasteiger partial charge < -0.3 is 5.21 Å². The van der Waals surface area contributed by atoms with Gasteiger partial charge in [0.05, 0.1) is 0 Å². The van der Waals surface area contributed by atoms with Crippen LogP contribution in [0.15, 0.2) is 29.5 Å². The van der Waals surface area contributed by atoms with E-state index in [2.05, 4.69) is 38.6 Å². The van der Waals surface area contributed by atoms with Crippen LogP contribution in [-0.2, 0) is 4.79 Å². The number of hydrogen-bond acceptors (Lipinski definition) is 3. The van der Waals surface area contributed by atoms with Crippen molar-refractivity contribution < 1.29 is 10.0 Å². The van der Waals surface area contributed by atoms with Crippen LogP contribution >= 0.6 is 0 Å². The lowest BCUT2D eigenvalue weighted by Gasteiger charge is -2.60. The molecule has 0 bridgehead atoms. The van der Waals surface area contributed by atoms with E-state index >= 15 is 0 Å². The zero-order chi connectivity index (χ0) is 18.0. The van der Waals surface area contributed by atoms with Crippen molar-refractivity contribution in [1.29, 1.82) is 0 Å². The Morgan fingerprint density at radius 2 is 2.04 bits per heavy atom.